The highest BCUT2D eigenvalue weighted by Crippen LogP contribution is 2.34. The summed E-state index contributed by atoms with van der Waals surface area (Å²) in [6.45, 7) is 7.57. The van der Waals surface area contributed by atoms with Crippen LogP contribution in [0.3, 0.4) is 0 Å². The van der Waals surface area contributed by atoms with Crippen molar-refractivity contribution in [3.63, 3.8) is 0 Å². The van der Waals surface area contributed by atoms with Gasteiger partial charge in [-0.2, -0.15) is 5.26 Å². The van der Waals surface area contributed by atoms with Gasteiger partial charge in [0.15, 0.2) is 0 Å². The summed E-state index contributed by atoms with van der Waals surface area (Å²) in [5.41, 5.74) is 3.12. The SMILES string of the molecule is Cc1cc(Cl)cc(Sc2ccc(C#N)cc2CN2CCC(C)CC2)c1. The predicted octanol–water partition coefficient (Wildman–Crippen LogP) is 5.90. The Labute approximate surface area is 159 Å². The Hall–Kier alpha value is -1.47. The maximum Gasteiger partial charge on any atom is 0.0991 e. The number of likely N-dealkylation sites (tertiary alicyclic amines) is 1. The monoisotopic (exact) mass is 370 g/mol. The second-order valence-corrected chi connectivity index (χ2v) is 8.51. The van der Waals surface area contributed by atoms with E-state index in [9.17, 15) is 5.26 Å². The first-order valence-corrected chi connectivity index (χ1v) is 9.93. The Morgan fingerprint density at radius 3 is 2.64 bits per heavy atom. The smallest absolute Gasteiger partial charge is 0.0991 e. The van der Waals surface area contributed by atoms with E-state index >= 15 is 0 Å². The zero-order valence-electron chi connectivity index (χ0n) is 14.8. The van der Waals surface area contributed by atoms with Gasteiger partial charge in [-0.05, 0) is 86.3 Å². The molecule has 130 valence electrons. The van der Waals surface area contributed by atoms with Crippen molar-refractivity contribution in [3.8, 4) is 6.07 Å². The summed E-state index contributed by atoms with van der Waals surface area (Å²) in [5, 5.41) is 10.0. The number of piperidine rings is 1. The van der Waals surface area contributed by atoms with Crippen LogP contribution in [-0.4, -0.2) is 18.0 Å². The average molecular weight is 371 g/mol. The van der Waals surface area contributed by atoms with Crippen molar-refractivity contribution in [2.45, 2.75) is 43.0 Å². The van der Waals surface area contributed by atoms with Crippen molar-refractivity contribution in [2.75, 3.05) is 13.1 Å². The summed E-state index contributed by atoms with van der Waals surface area (Å²) < 4.78 is 0. The molecule has 0 atom stereocenters. The maximum absolute atomic E-state index is 9.27. The molecule has 0 unspecified atom stereocenters. The minimum Gasteiger partial charge on any atom is -0.299 e. The Bertz CT molecular complexity index is 769. The normalized spacial score (nSPS) is 15.9. The van der Waals surface area contributed by atoms with Crippen LogP contribution in [0, 0.1) is 24.2 Å². The van der Waals surface area contributed by atoms with Gasteiger partial charge in [-0.1, -0.05) is 30.3 Å². The lowest BCUT2D eigenvalue weighted by Crippen LogP contribution is -2.32. The molecule has 1 heterocycles. The molecular weight excluding hydrogens is 348 g/mol. The first-order valence-electron chi connectivity index (χ1n) is 8.74. The number of hydrogen-bond donors (Lipinski definition) is 0. The molecule has 25 heavy (non-hydrogen) atoms. The van der Waals surface area contributed by atoms with Gasteiger partial charge in [0.05, 0.1) is 11.6 Å². The van der Waals surface area contributed by atoms with Gasteiger partial charge in [-0.25, -0.2) is 0 Å². The minimum atomic E-state index is 0.729. The number of nitriles is 1. The van der Waals surface area contributed by atoms with Gasteiger partial charge in [-0.3, -0.25) is 4.90 Å². The summed E-state index contributed by atoms with van der Waals surface area (Å²) >= 11 is 7.94. The number of halogens is 1. The van der Waals surface area contributed by atoms with E-state index in [1.165, 1.54) is 23.3 Å². The van der Waals surface area contributed by atoms with Crippen LogP contribution in [-0.2, 0) is 6.54 Å². The molecule has 0 aromatic heterocycles. The van der Waals surface area contributed by atoms with Crippen molar-refractivity contribution in [1.82, 2.24) is 4.90 Å². The third-order valence-corrected chi connectivity index (χ3v) is 6.01. The lowest BCUT2D eigenvalue weighted by molar-refractivity contribution is 0.184. The Balaban J connectivity index is 1.84. The standard InChI is InChI=1S/C21H23ClN2S/c1-15-5-7-24(8-6-15)14-18-11-17(13-23)3-4-21(18)25-20-10-16(2)9-19(22)12-20/h3-4,9-12,15H,5-8,14H2,1-2H3. The first-order chi connectivity index (χ1) is 12.0. The van der Waals surface area contributed by atoms with Crippen LogP contribution in [0.4, 0.5) is 0 Å². The van der Waals surface area contributed by atoms with Crippen LogP contribution >= 0.6 is 23.4 Å². The lowest BCUT2D eigenvalue weighted by Gasteiger charge is -2.30. The number of benzene rings is 2. The fraction of sp³-hybridized carbons (Fsp3) is 0.381. The van der Waals surface area contributed by atoms with Gasteiger partial charge in [-0.15, -0.1) is 0 Å². The fourth-order valence-electron chi connectivity index (χ4n) is 3.22. The molecule has 1 aliphatic heterocycles. The molecule has 0 radical (unpaired) electrons. The van der Waals surface area contributed by atoms with Crippen molar-refractivity contribution >= 4 is 23.4 Å². The Morgan fingerprint density at radius 1 is 1.20 bits per heavy atom. The van der Waals surface area contributed by atoms with E-state index in [1.807, 2.05) is 24.3 Å². The van der Waals surface area contributed by atoms with Crippen molar-refractivity contribution in [3.05, 3.63) is 58.1 Å². The zero-order chi connectivity index (χ0) is 17.8. The van der Waals surface area contributed by atoms with E-state index in [0.717, 1.165) is 46.6 Å². The van der Waals surface area contributed by atoms with E-state index in [0.29, 0.717) is 0 Å². The highest BCUT2D eigenvalue weighted by Gasteiger charge is 2.17. The largest absolute Gasteiger partial charge is 0.299 e. The molecule has 4 heteroatoms. The quantitative estimate of drug-likeness (QED) is 0.670. The third kappa shape index (κ3) is 5.01. The maximum atomic E-state index is 9.27. The van der Waals surface area contributed by atoms with Crippen LogP contribution in [0.25, 0.3) is 0 Å². The fourth-order valence-corrected chi connectivity index (χ4v) is 4.65. The van der Waals surface area contributed by atoms with Gasteiger partial charge >= 0.3 is 0 Å². The Kier molecular flexibility index (Phi) is 6.06. The van der Waals surface area contributed by atoms with Crippen LogP contribution in [0.1, 0.15) is 36.5 Å². The van der Waals surface area contributed by atoms with Crippen LogP contribution in [0.5, 0.6) is 0 Å². The van der Waals surface area contributed by atoms with Crippen LogP contribution < -0.4 is 0 Å². The topological polar surface area (TPSA) is 27.0 Å². The highest BCUT2D eigenvalue weighted by atomic mass is 35.5. The molecule has 0 amide bonds. The molecule has 0 aliphatic carbocycles. The molecule has 0 saturated carbocycles. The van der Waals surface area contributed by atoms with Crippen LogP contribution in [0.2, 0.25) is 5.02 Å². The molecule has 2 nitrogen and oxygen atoms in total. The van der Waals surface area contributed by atoms with E-state index in [1.54, 1.807) is 11.8 Å². The number of rotatable bonds is 4. The van der Waals surface area contributed by atoms with Gasteiger partial charge in [0.1, 0.15) is 0 Å². The van der Waals surface area contributed by atoms with Crippen molar-refractivity contribution < 1.29 is 0 Å². The molecule has 2 aromatic carbocycles. The van der Waals surface area contributed by atoms with Gasteiger partial charge in [0, 0.05) is 21.4 Å². The Morgan fingerprint density at radius 2 is 1.96 bits per heavy atom. The minimum absolute atomic E-state index is 0.729. The molecule has 1 aliphatic rings. The third-order valence-electron chi connectivity index (χ3n) is 4.70. The zero-order valence-corrected chi connectivity index (χ0v) is 16.3. The van der Waals surface area contributed by atoms with Crippen molar-refractivity contribution in [1.29, 1.82) is 5.26 Å². The van der Waals surface area contributed by atoms with E-state index in [4.69, 9.17) is 11.6 Å². The molecule has 1 saturated heterocycles. The molecule has 0 N–H and O–H groups in total. The molecule has 0 bridgehead atoms. The predicted molar refractivity (Wildman–Crippen MR) is 105 cm³/mol. The lowest BCUT2D eigenvalue weighted by atomic mass is 9.98. The molecular formula is C21H23ClN2S. The van der Waals surface area contributed by atoms with Gasteiger partial charge in [0.2, 0.25) is 0 Å². The first kappa shape index (κ1) is 18.3. The number of nitrogens with zero attached hydrogens (tertiary/aromatic N) is 2. The molecule has 1 fully saturated rings. The van der Waals surface area contributed by atoms with Crippen LogP contribution in [0.15, 0.2) is 46.2 Å². The number of hydrogen-bond acceptors (Lipinski definition) is 3. The second kappa shape index (κ2) is 8.27. The highest BCUT2D eigenvalue weighted by molar-refractivity contribution is 7.99. The summed E-state index contributed by atoms with van der Waals surface area (Å²) in [6, 6.07) is 14.4. The summed E-state index contributed by atoms with van der Waals surface area (Å²) in [7, 11) is 0. The van der Waals surface area contributed by atoms with Gasteiger partial charge < -0.3 is 0 Å². The van der Waals surface area contributed by atoms with Crippen molar-refractivity contribution in [2.24, 2.45) is 5.92 Å². The molecule has 3 rings (SSSR count). The average Bonchev–Trinajstić information content (AvgIpc) is 2.57. The van der Waals surface area contributed by atoms with E-state index < -0.39 is 0 Å². The van der Waals surface area contributed by atoms with E-state index in [2.05, 4.69) is 36.9 Å². The van der Waals surface area contributed by atoms with Gasteiger partial charge in [0.25, 0.3) is 0 Å². The van der Waals surface area contributed by atoms with E-state index in [-0.39, 0.29) is 0 Å². The molecule has 2 aromatic rings. The number of aryl methyl sites for hydroxylation is 1. The summed E-state index contributed by atoms with van der Waals surface area (Å²) in [6.07, 6.45) is 2.52. The second-order valence-electron chi connectivity index (χ2n) is 6.96. The summed E-state index contributed by atoms with van der Waals surface area (Å²) in [4.78, 5) is 4.85. The molecule has 0 spiro atoms. The summed E-state index contributed by atoms with van der Waals surface area (Å²) in [5.74, 6) is 0.824.